The summed E-state index contributed by atoms with van der Waals surface area (Å²) >= 11 is 5.93. The monoisotopic (exact) mass is 597 g/mol. The number of phenols is 1. The van der Waals surface area contributed by atoms with Crippen molar-refractivity contribution in [2.45, 2.75) is 13.3 Å². The number of anilines is 1. The van der Waals surface area contributed by atoms with Crippen LogP contribution < -0.4 is 25.8 Å². The molecule has 0 spiro atoms. The number of hydrogen-bond donors (Lipinski definition) is 4. The lowest BCUT2D eigenvalue weighted by Gasteiger charge is -2.15. The lowest BCUT2D eigenvalue weighted by Crippen LogP contribution is -2.29. The minimum absolute atomic E-state index is 0.104. The number of benzene rings is 5. The number of rotatable bonds is 11. The first-order valence-corrected chi connectivity index (χ1v) is 14.3. The largest absolute Gasteiger partial charge is 0.506 e. The third-order valence-electron chi connectivity index (χ3n) is 6.89. The average molecular weight is 598 g/mol. The van der Waals surface area contributed by atoms with Crippen LogP contribution in [0, 0.1) is 6.92 Å². The summed E-state index contributed by atoms with van der Waals surface area (Å²) < 4.78 is 12.0. The highest BCUT2D eigenvalue weighted by Crippen LogP contribution is 2.31. The third-order valence-corrected chi connectivity index (χ3v) is 7.13. The minimum Gasteiger partial charge on any atom is -0.506 e. The molecule has 0 aliphatic heterocycles. The Kier molecular flexibility index (Phi) is 9.29. The lowest BCUT2D eigenvalue weighted by molar-refractivity contribution is 0.0940. The fraction of sp³-hybridized carbons (Fsp3) is 0.176. The van der Waals surface area contributed by atoms with Gasteiger partial charge in [0, 0.05) is 11.1 Å². The van der Waals surface area contributed by atoms with Gasteiger partial charge in [-0.2, -0.15) is 0 Å². The summed E-state index contributed by atoms with van der Waals surface area (Å²) in [5, 5.41) is 19.8. The van der Waals surface area contributed by atoms with Crippen LogP contribution in [-0.4, -0.2) is 43.2 Å². The topological polar surface area (TPSA) is 123 Å². The van der Waals surface area contributed by atoms with E-state index in [9.17, 15) is 14.7 Å². The second-order valence-electron chi connectivity index (χ2n) is 10.1. The first-order valence-electron chi connectivity index (χ1n) is 13.9. The Morgan fingerprint density at radius 1 is 0.791 bits per heavy atom. The second-order valence-corrected chi connectivity index (χ2v) is 10.5. The molecule has 5 rings (SSSR count). The zero-order chi connectivity index (χ0) is 30.3. The highest BCUT2D eigenvalue weighted by molar-refractivity contribution is 6.30. The van der Waals surface area contributed by atoms with E-state index in [0.29, 0.717) is 41.7 Å². The molecule has 0 fully saturated rings. The molecule has 2 amide bonds. The summed E-state index contributed by atoms with van der Waals surface area (Å²) in [6.07, 6.45) is 0.667. The molecule has 9 heteroatoms. The Hall–Kier alpha value is -4.79. The maximum atomic E-state index is 13.3. The standard InChI is InChI=1S/C34H32ClN3O5/c1-21-7-8-24-17-27(32(19-25(24)15-21)42-13-4-11-36)33(40)37-12-14-43-31-18-23-6-3-2-5-22(23)16-28(31)34(41)38-29-10-9-26(35)20-30(29)39/h2-3,5-10,15-20,39H,4,11-14,36H2,1H3,(H,37,40)(H,38,41). The number of nitrogens with two attached hydrogens (primary N) is 1. The van der Waals surface area contributed by atoms with Crippen molar-refractivity contribution < 1.29 is 24.2 Å². The molecule has 220 valence electrons. The number of phenolic OH excluding ortho intramolecular Hbond substituents is 1. The van der Waals surface area contributed by atoms with E-state index in [0.717, 1.165) is 27.1 Å². The molecule has 0 aliphatic carbocycles. The van der Waals surface area contributed by atoms with Crippen LogP contribution in [0.3, 0.4) is 0 Å². The van der Waals surface area contributed by atoms with E-state index >= 15 is 0 Å². The van der Waals surface area contributed by atoms with Gasteiger partial charge in [-0.05, 0) is 77.8 Å². The summed E-state index contributed by atoms with van der Waals surface area (Å²) in [5.74, 6) is -0.0895. The van der Waals surface area contributed by atoms with Crippen LogP contribution in [0.1, 0.15) is 32.7 Å². The maximum absolute atomic E-state index is 13.3. The fourth-order valence-corrected chi connectivity index (χ4v) is 4.86. The molecule has 8 nitrogen and oxygen atoms in total. The Bertz CT molecular complexity index is 1810. The third kappa shape index (κ3) is 7.17. The Morgan fingerprint density at radius 3 is 2.16 bits per heavy atom. The molecular weight excluding hydrogens is 566 g/mol. The predicted octanol–water partition coefficient (Wildman–Crippen LogP) is 6.45. The zero-order valence-electron chi connectivity index (χ0n) is 23.7. The number of carbonyl (C=O) groups is 2. The van der Waals surface area contributed by atoms with Gasteiger partial charge in [0.2, 0.25) is 0 Å². The second kappa shape index (κ2) is 13.5. The Morgan fingerprint density at radius 2 is 1.44 bits per heavy atom. The molecule has 0 atom stereocenters. The minimum atomic E-state index is -0.465. The van der Waals surface area contributed by atoms with Crippen molar-refractivity contribution in [3.63, 3.8) is 0 Å². The van der Waals surface area contributed by atoms with E-state index in [1.807, 2.05) is 61.5 Å². The molecule has 0 saturated heterocycles. The number of carbonyl (C=O) groups excluding carboxylic acids is 2. The van der Waals surface area contributed by atoms with Crippen molar-refractivity contribution in [1.29, 1.82) is 0 Å². The van der Waals surface area contributed by atoms with Gasteiger partial charge in [-0.15, -0.1) is 0 Å². The molecule has 43 heavy (non-hydrogen) atoms. The van der Waals surface area contributed by atoms with Gasteiger partial charge >= 0.3 is 0 Å². The van der Waals surface area contributed by atoms with Crippen molar-refractivity contribution in [3.8, 4) is 17.2 Å². The number of aryl methyl sites for hydroxylation is 1. The molecule has 0 unspecified atom stereocenters. The number of ether oxygens (including phenoxy) is 2. The maximum Gasteiger partial charge on any atom is 0.259 e. The smallest absolute Gasteiger partial charge is 0.259 e. The van der Waals surface area contributed by atoms with E-state index in [-0.39, 0.29) is 36.1 Å². The molecule has 5 aromatic carbocycles. The van der Waals surface area contributed by atoms with Crippen molar-refractivity contribution >= 4 is 50.6 Å². The van der Waals surface area contributed by atoms with Gasteiger partial charge in [-0.3, -0.25) is 9.59 Å². The molecule has 5 N–H and O–H groups in total. The molecular formula is C34H32ClN3O5. The highest BCUT2D eigenvalue weighted by Gasteiger charge is 2.18. The van der Waals surface area contributed by atoms with Gasteiger partial charge in [0.15, 0.2) is 0 Å². The van der Waals surface area contributed by atoms with Gasteiger partial charge < -0.3 is 30.9 Å². The molecule has 0 saturated carbocycles. The SMILES string of the molecule is Cc1ccc2cc(C(=O)NCCOc3cc4ccccc4cc3C(=O)Nc3ccc(Cl)cc3O)c(OCCCN)cc2c1. The van der Waals surface area contributed by atoms with E-state index in [1.165, 1.54) is 12.1 Å². The van der Waals surface area contributed by atoms with E-state index in [1.54, 1.807) is 18.2 Å². The van der Waals surface area contributed by atoms with Crippen LogP contribution >= 0.6 is 11.6 Å². The number of hydrogen-bond acceptors (Lipinski definition) is 6. The normalized spacial score (nSPS) is 11.0. The van der Waals surface area contributed by atoms with Crippen LogP contribution in [0.15, 0.2) is 84.9 Å². The van der Waals surface area contributed by atoms with Crippen LogP contribution in [0.2, 0.25) is 5.02 Å². The molecule has 0 heterocycles. The average Bonchev–Trinajstić information content (AvgIpc) is 2.99. The van der Waals surface area contributed by atoms with Crippen molar-refractivity contribution in [3.05, 3.63) is 107 Å². The number of nitrogens with one attached hydrogen (secondary N) is 2. The van der Waals surface area contributed by atoms with Crippen molar-refractivity contribution in [2.24, 2.45) is 5.73 Å². The van der Waals surface area contributed by atoms with Crippen LogP contribution in [0.5, 0.6) is 17.2 Å². The Balaban J connectivity index is 1.31. The number of aromatic hydroxyl groups is 1. The number of fused-ring (bicyclic) bond motifs is 2. The van der Waals surface area contributed by atoms with Gasteiger partial charge in [0.1, 0.15) is 23.9 Å². The number of halogens is 1. The van der Waals surface area contributed by atoms with E-state index in [2.05, 4.69) is 10.6 Å². The lowest BCUT2D eigenvalue weighted by atomic mass is 10.0. The van der Waals surface area contributed by atoms with Crippen LogP contribution in [0.4, 0.5) is 5.69 Å². The summed E-state index contributed by atoms with van der Waals surface area (Å²) in [7, 11) is 0. The Labute approximate surface area is 254 Å². The first kappa shape index (κ1) is 29.7. The van der Waals surface area contributed by atoms with Crippen molar-refractivity contribution in [1.82, 2.24) is 5.32 Å². The molecule has 0 bridgehead atoms. The molecule has 0 radical (unpaired) electrons. The number of amides is 2. The van der Waals surface area contributed by atoms with Gasteiger partial charge in [0.25, 0.3) is 11.8 Å². The molecule has 0 aromatic heterocycles. The zero-order valence-corrected chi connectivity index (χ0v) is 24.4. The van der Waals surface area contributed by atoms with Gasteiger partial charge in [-0.25, -0.2) is 0 Å². The van der Waals surface area contributed by atoms with E-state index in [4.69, 9.17) is 26.8 Å². The predicted molar refractivity (Wildman–Crippen MR) is 171 cm³/mol. The summed E-state index contributed by atoms with van der Waals surface area (Å²) in [6, 6.07) is 25.3. The molecule has 0 aliphatic rings. The molecule has 5 aromatic rings. The van der Waals surface area contributed by atoms with E-state index < -0.39 is 5.91 Å². The quantitative estimate of drug-likeness (QED) is 0.102. The van der Waals surface area contributed by atoms with Crippen molar-refractivity contribution in [2.75, 3.05) is 31.6 Å². The summed E-state index contributed by atoms with van der Waals surface area (Å²) in [4.78, 5) is 26.5. The van der Waals surface area contributed by atoms with Gasteiger partial charge in [-0.1, -0.05) is 59.6 Å². The van der Waals surface area contributed by atoms with Gasteiger partial charge in [0.05, 0.1) is 30.0 Å². The fourth-order valence-electron chi connectivity index (χ4n) is 4.70. The first-order chi connectivity index (χ1) is 20.8. The highest BCUT2D eigenvalue weighted by atomic mass is 35.5. The van der Waals surface area contributed by atoms with Crippen LogP contribution in [-0.2, 0) is 0 Å². The summed E-state index contributed by atoms with van der Waals surface area (Å²) in [5.41, 5.74) is 7.65. The summed E-state index contributed by atoms with van der Waals surface area (Å²) in [6.45, 7) is 3.19. The van der Waals surface area contributed by atoms with Crippen LogP contribution in [0.25, 0.3) is 21.5 Å².